The highest BCUT2D eigenvalue weighted by Crippen LogP contribution is 2.38. The van der Waals surface area contributed by atoms with E-state index in [1.54, 1.807) is 12.1 Å². The fraction of sp³-hybridized carbons (Fsp3) is 0.534. The summed E-state index contributed by atoms with van der Waals surface area (Å²) in [6, 6.07) is 19.7. The normalized spacial score (nSPS) is 17.5. The Bertz CT molecular complexity index is 2950. The average molecular weight is 1170 g/mol. The molecule has 0 spiro atoms. The van der Waals surface area contributed by atoms with E-state index in [-0.39, 0.29) is 51.8 Å². The minimum absolute atomic E-state index is 0. The lowest BCUT2D eigenvalue weighted by atomic mass is 10.0. The molecule has 4 aromatic heterocycles. The number of thiophene rings is 2. The molecule has 2 aromatic carbocycles. The van der Waals surface area contributed by atoms with Crippen molar-refractivity contribution < 1.29 is 45.5 Å². The van der Waals surface area contributed by atoms with E-state index >= 15 is 0 Å². The minimum atomic E-state index is -4.26. The number of halogens is 7. The second-order valence-corrected chi connectivity index (χ2v) is 24.0. The van der Waals surface area contributed by atoms with E-state index in [9.17, 15) is 40.7 Å². The molecule has 4 heterocycles. The number of hydrogen-bond donors (Lipinski definition) is 3. The third-order valence-electron chi connectivity index (χ3n) is 14.3. The summed E-state index contributed by atoms with van der Waals surface area (Å²) in [5.74, 6) is 1.41. The van der Waals surface area contributed by atoms with Gasteiger partial charge in [0, 0.05) is 91.5 Å². The summed E-state index contributed by atoms with van der Waals surface area (Å²) in [7, 11) is 3.91. The van der Waals surface area contributed by atoms with Gasteiger partial charge in [0.05, 0.1) is 23.6 Å². The van der Waals surface area contributed by atoms with Gasteiger partial charge in [0.1, 0.15) is 39.6 Å². The van der Waals surface area contributed by atoms with Crippen LogP contribution in [0.25, 0.3) is 20.4 Å². The molecule has 2 fully saturated rings. The van der Waals surface area contributed by atoms with Crippen LogP contribution in [-0.4, -0.2) is 100 Å². The first-order valence-corrected chi connectivity index (χ1v) is 28.8. The fourth-order valence-corrected chi connectivity index (χ4v) is 12.3. The third-order valence-corrected chi connectivity index (χ3v) is 16.4. The number of nitrogens with zero attached hydrogens (tertiary/aromatic N) is 6. The van der Waals surface area contributed by atoms with Crippen LogP contribution in [-0.2, 0) is 35.5 Å². The van der Waals surface area contributed by atoms with Crippen LogP contribution >= 0.6 is 35.1 Å². The number of anilines is 2. The molecule has 22 heteroatoms. The number of alkyl halides is 6. The van der Waals surface area contributed by atoms with Gasteiger partial charge in [-0.15, -0.1) is 35.1 Å². The Morgan fingerprint density at radius 2 is 1.02 bits per heavy atom. The number of hydrogen-bond acceptors (Lipinski definition) is 15. The number of esters is 1. The van der Waals surface area contributed by atoms with Gasteiger partial charge in [-0.05, 0) is 115 Å². The van der Waals surface area contributed by atoms with Gasteiger partial charge in [-0.25, -0.2) is 19.9 Å². The van der Waals surface area contributed by atoms with Crippen molar-refractivity contribution in [3.63, 3.8) is 0 Å². The topological polar surface area (TPSA) is 169 Å². The number of aromatic nitrogens is 4. The zero-order chi connectivity index (χ0) is 56.9. The molecule has 80 heavy (non-hydrogen) atoms. The van der Waals surface area contributed by atoms with E-state index in [1.807, 2.05) is 83.4 Å². The van der Waals surface area contributed by atoms with Crippen molar-refractivity contribution in [1.29, 1.82) is 0 Å². The standard InChI is InChI=1S/C32H41F3N4O3S.C26H32F3N5OS.ClH/c1-31(2,3)42-28(41)9-7-5-6-8-27(40)22-12-10-21(11-13-22)19-36-23-14-15-24(16-23)39(4)29-26-17-25(18-32(33,34)35)43-30(26)38-20-37-29;1-34(24-22-13-21(14-26(27,28)29)36-25(22)33-16-32-24)20-10-9-19(12-20)31-15-17-5-7-18(8-6-17)23(35)4-2-3-11-30;/h10-13,17,20,23-24,36H,5-9,14-16,18-19H2,1-4H3;5-8,13,16,19-20,31H,2-4,9-12,14-15,30H2,1H3;1H/t23-,24+;19-,20+;/m00./s1. The van der Waals surface area contributed by atoms with Gasteiger partial charge < -0.3 is 30.9 Å². The van der Waals surface area contributed by atoms with Crippen molar-refractivity contribution >= 4 is 84.7 Å². The number of carbonyl (C=O) groups excluding carboxylic acids is 3. The minimum Gasteiger partial charge on any atom is -0.460 e. The molecule has 0 saturated heterocycles. The maximum atomic E-state index is 12.9. The Morgan fingerprint density at radius 3 is 1.43 bits per heavy atom. The Balaban J connectivity index is 0.000000259. The number of unbranched alkanes of at least 4 members (excludes halogenated alkanes) is 3. The van der Waals surface area contributed by atoms with Gasteiger partial charge in [-0.1, -0.05) is 55.0 Å². The highest BCUT2D eigenvalue weighted by molar-refractivity contribution is 7.19. The number of rotatable bonds is 24. The van der Waals surface area contributed by atoms with Crippen LogP contribution in [0.1, 0.15) is 152 Å². The van der Waals surface area contributed by atoms with Crippen LogP contribution in [0.2, 0.25) is 0 Å². The summed E-state index contributed by atoms with van der Waals surface area (Å²) in [6.45, 7) is 7.56. The monoisotopic (exact) mass is 1170 g/mol. The van der Waals surface area contributed by atoms with Crippen LogP contribution in [0.5, 0.6) is 0 Å². The van der Waals surface area contributed by atoms with Gasteiger partial charge in [0.25, 0.3) is 0 Å². The van der Waals surface area contributed by atoms with E-state index in [4.69, 9.17) is 10.5 Å². The number of nitrogens with one attached hydrogen (secondary N) is 2. The second kappa shape index (κ2) is 29.1. The van der Waals surface area contributed by atoms with E-state index in [0.717, 1.165) is 104 Å². The number of carbonyl (C=O) groups is 3. The van der Waals surface area contributed by atoms with Gasteiger partial charge >= 0.3 is 18.3 Å². The quantitative estimate of drug-likeness (QED) is 0.0227. The van der Waals surface area contributed by atoms with Gasteiger partial charge in [0.15, 0.2) is 11.6 Å². The lowest BCUT2D eigenvalue weighted by molar-refractivity contribution is -0.155. The van der Waals surface area contributed by atoms with Crippen molar-refractivity contribution in [2.45, 2.75) is 179 Å². The van der Waals surface area contributed by atoms with Crippen LogP contribution in [0, 0.1) is 0 Å². The molecule has 2 aliphatic carbocycles. The van der Waals surface area contributed by atoms with E-state index in [1.165, 1.54) is 12.7 Å². The number of ether oxygens (including phenoxy) is 1. The lowest BCUT2D eigenvalue weighted by Crippen LogP contribution is -2.33. The number of benzene rings is 2. The van der Waals surface area contributed by atoms with Crippen molar-refractivity contribution in [1.82, 2.24) is 30.6 Å². The van der Waals surface area contributed by atoms with Crippen LogP contribution < -0.4 is 26.2 Å². The number of ketones is 2. The second-order valence-electron chi connectivity index (χ2n) is 21.8. The van der Waals surface area contributed by atoms with Crippen molar-refractivity contribution in [3.05, 3.63) is 105 Å². The summed E-state index contributed by atoms with van der Waals surface area (Å²) in [5, 5.41) is 8.57. The molecular weight excluding hydrogens is 1100 g/mol. The number of fused-ring (bicyclic) bond motifs is 2. The first-order chi connectivity index (χ1) is 37.5. The predicted octanol–water partition coefficient (Wildman–Crippen LogP) is 13.1. The smallest absolute Gasteiger partial charge is 0.393 e. The summed E-state index contributed by atoms with van der Waals surface area (Å²) in [5.41, 5.74) is 8.67. The van der Waals surface area contributed by atoms with E-state index < -0.39 is 30.8 Å². The summed E-state index contributed by atoms with van der Waals surface area (Å²) in [6.07, 6.45) is 3.45. The van der Waals surface area contributed by atoms with Crippen LogP contribution in [0.3, 0.4) is 0 Å². The molecule has 13 nitrogen and oxygen atoms in total. The SMILES string of the molecule is CN(c1ncnc2sc(CC(F)(F)F)cc12)[C@@H]1CC[C@H](NCc2ccc(C(=O)CCCCCC(=O)OC(C)(C)C)cc2)C1.CN(c1ncnc2sc(CC(F)(F)F)cc12)[C@@H]1CC[C@H](NCc2ccc(C(=O)CCCCN)cc2)C1.Cl. The predicted molar refractivity (Wildman–Crippen MR) is 308 cm³/mol. The Hall–Kier alpha value is -5.32. The van der Waals surface area contributed by atoms with E-state index in [0.29, 0.717) is 95.0 Å². The zero-order valence-corrected chi connectivity index (χ0v) is 48.5. The number of nitrogens with two attached hydrogens (primary N) is 1. The Labute approximate surface area is 478 Å². The molecule has 6 aromatic rings. The molecular formula is C58H74ClF6N9O4S2. The van der Waals surface area contributed by atoms with Gasteiger partial charge in [-0.2, -0.15) is 26.3 Å². The molecule has 0 aliphatic heterocycles. The molecule has 0 radical (unpaired) electrons. The third kappa shape index (κ3) is 19.4. The molecule has 8 rings (SSSR count). The van der Waals surface area contributed by atoms with Crippen molar-refractivity contribution in [3.8, 4) is 0 Å². The molecule has 0 bridgehead atoms. The molecule has 4 N–H and O–H groups in total. The largest absolute Gasteiger partial charge is 0.460 e. The number of Topliss-reactive ketones (excluding diaryl/α,β-unsaturated/α-hetero) is 2. The van der Waals surface area contributed by atoms with Gasteiger partial charge in [0.2, 0.25) is 0 Å². The Kier molecular flexibility index (Phi) is 23.2. The summed E-state index contributed by atoms with van der Waals surface area (Å²) >= 11 is 2.14. The first-order valence-electron chi connectivity index (χ1n) is 27.2. The average Bonchev–Trinajstić information content (AvgIpc) is 4.33. The molecule has 2 aliphatic rings. The summed E-state index contributed by atoms with van der Waals surface area (Å²) < 4.78 is 82.6. The Morgan fingerprint density at radius 1 is 0.613 bits per heavy atom. The maximum Gasteiger partial charge on any atom is 0.393 e. The molecule has 4 atom stereocenters. The van der Waals surface area contributed by atoms with Crippen molar-refractivity contribution in [2.24, 2.45) is 5.73 Å². The molecule has 436 valence electrons. The summed E-state index contributed by atoms with van der Waals surface area (Å²) in [4.78, 5) is 59.7. The van der Waals surface area contributed by atoms with Crippen LogP contribution in [0.15, 0.2) is 73.3 Å². The fourth-order valence-electron chi connectivity index (χ4n) is 10.2. The van der Waals surface area contributed by atoms with E-state index in [2.05, 4.69) is 40.4 Å². The maximum absolute atomic E-state index is 12.9. The first kappa shape index (κ1) is 63.9. The van der Waals surface area contributed by atoms with Gasteiger partial charge in [-0.3, -0.25) is 14.4 Å². The lowest BCUT2D eigenvalue weighted by Gasteiger charge is -2.26. The molecule has 2 saturated carbocycles. The highest BCUT2D eigenvalue weighted by Gasteiger charge is 2.33. The molecule has 0 unspecified atom stereocenters. The zero-order valence-electron chi connectivity index (χ0n) is 46.1. The van der Waals surface area contributed by atoms with Crippen LogP contribution in [0.4, 0.5) is 38.0 Å². The van der Waals surface area contributed by atoms with Crippen molar-refractivity contribution in [2.75, 3.05) is 30.4 Å². The highest BCUT2D eigenvalue weighted by atomic mass is 35.5. The molecule has 0 amide bonds.